The number of hydrogen-bond acceptors (Lipinski definition) is 8. The van der Waals surface area contributed by atoms with E-state index in [2.05, 4.69) is 20.4 Å². The number of thiophene rings is 1. The average molecular weight is 550 g/mol. The van der Waals surface area contributed by atoms with Gasteiger partial charge in [0.15, 0.2) is 11.9 Å². The summed E-state index contributed by atoms with van der Waals surface area (Å²) in [4.78, 5) is 52.2. The Labute approximate surface area is 221 Å². The van der Waals surface area contributed by atoms with Crippen LogP contribution in [0.3, 0.4) is 0 Å². The van der Waals surface area contributed by atoms with E-state index in [1.807, 2.05) is 6.92 Å². The molecule has 3 rings (SSSR count). The summed E-state index contributed by atoms with van der Waals surface area (Å²) in [5, 5.41) is 7.86. The number of alkyl halides is 3. The zero-order chi connectivity index (χ0) is 27.7. The largest absolute Gasteiger partial charge is 0.491 e. The Hall–Kier alpha value is -3.80. The first kappa shape index (κ1) is 28.8. The van der Waals surface area contributed by atoms with E-state index < -0.39 is 24.2 Å². The molecule has 0 aliphatic carbocycles. The molecule has 0 bridgehead atoms. The maximum Gasteiger partial charge on any atom is 0.491 e. The lowest BCUT2D eigenvalue weighted by molar-refractivity contribution is -0.193. The standard InChI is InChI=1S/C26H26F3N3O5S/c1-2-18(33)10-4-3-5-11-19(32-23(34)21-12-7-13-38-21)22-30-15-20(31-22)16-8-6-9-17(14-16)24(35)37-25(36)26(27,28)29/h6-9,12-15,19,31H,2-5,10-11H2,1H3,(H,32,34)/q+1/t19-/m0/s1. The fourth-order valence-electron chi connectivity index (χ4n) is 3.61. The first-order chi connectivity index (χ1) is 18.1. The van der Waals surface area contributed by atoms with E-state index in [9.17, 15) is 32.3 Å². The van der Waals surface area contributed by atoms with E-state index in [0.717, 1.165) is 19.3 Å². The molecule has 12 heteroatoms. The van der Waals surface area contributed by atoms with Crippen molar-refractivity contribution in [2.24, 2.45) is 0 Å². The van der Waals surface area contributed by atoms with Gasteiger partial charge in [0.05, 0.1) is 10.4 Å². The minimum atomic E-state index is -5.29. The van der Waals surface area contributed by atoms with E-state index in [0.29, 0.717) is 41.2 Å². The molecular formula is C26H26F3N3O5S+. The molecule has 1 atom stereocenters. The van der Waals surface area contributed by atoms with Gasteiger partial charge in [0.2, 0.25) is 0 Å². The van der Waals surface area contributed by atoms with Crippen molar-refractivity contribution in [3.05, 3.63) is 64.0 Å². The van der Waals surface area contributed by atoms with Gasteiger partial charge >= 0.3 is 24.0 Å². The monoisotopic (exact) mass is 549 g/mol. The van der Waals surface area contributed by atoms with Crippen LogP contribution in [0, 0.1) is 0 Å². The number of benzene rings is 1. The van der Waals surface area contributed by atoms with Gasteiger partial charge in [0, 0.05) is 18.4 Å². The molecule has 2 aromatic rings. The third-order valence-corrected chi connectivity index (χ3v) is 6.51. The molecule has 38 heavy (non-hydrogen) atoms. The number of halogens is 3. The van der Waals surface area contributed by atoms with Crippen molar-refractivity contribution in [2.75, 3.05) is 0 Å². The lowest BCUT2D eigenvalue weighted by atomic mass is 10.0. The summed E-state index contributed by atoms with van der Waals surface area (Å²) < 4.78 is 41.2. The summed E-state index contributed by atoms with van der Waals surface area (Å²) in [5.74, 6) is -3.63. The molecule has 1 aliphatic heterocycles. The van der Waals surface area contributed by atoms with Gasteiger partial charge in [-0.3, -0.25) is 9.59 Å². The number of amides is 1. The van der Waals surface area contributed by atoms with Gasteiger partial charge in [0.1, 0.15) is 11.8 Å². The van der Waals surface area contributed by atoms with Crippen LogP contribution in [0.4, 0.5) is 13.2 Å². The minimum Gasteiger partial charge on any atom is -0.383 e. The Morgan fingerprint density at radius 1 is 1.11 bits per heavy atom. The van der Waals surface area contributed by atoms with Crippen molar-refractivity contribution in [2.45, 2.75) is 57.7 Å². The highest BCUT2D eigenvalue weighted by atomic mass is 32.1. The normalized spacial score (nSPS) is 13.7. The molecule has 1 aliphatic rings. The average Bonchev–Trinajstić information content (AvgIpc) is 3.60. The number of carbonyl (C=O) groups excluding carboxylic acids is 4. The number of ether oxygens (including phenoxy) is 1. The molecule has 201 valence electrons. The molecule has 0 spiro atoms. The van der Waals surface area contributed by atoms with Crippen molar-refractivity contribution < 1.29 is 37.1 Å². The van der Waals surface area contributed by atoms with Crippen LogP contribution in [0.25, 0.3) is 5.70 Å². The molecule has 0 fully saturated rings. The SMILES string of the molecule is CCC(=O)CCCCC[C@H](NC(=O)c1cccs1)C1=[N+]C=C(c2cccc(C(=O)OC(=O)C(F)(F)F)c2)N1. The lowest BCUT2D eigenvalue weighted by Crippen LogP contribution is -2.46. The Balaban J connectivity index is 1.65. The van der Waals surface area contributed by atoms with Gasteiger partial charge in [-0.25, -0.2) is 14.9 Å². The highest BCUT2D eigenvalue weighted by Crippen LogP contribution is 2.20. The second kappa shape index (κ2) is 13.1. The van der Waals surface area contributed by atoms with Crippen LogP contribution in [-0.4, -0.2) is 41.7 Å². The summed E-state index contributed by atoms with van der Waals surface area (Å²) in [7, 11) is 0. The molecule has 8 nitrogen and oxygen atoms in total. The maximum atomic E-state index is 12.7. The Morgan fingerprint density at radius 3 is 2.58 bits per heavy atom. The Morgan fingerprint density at radius 2 is 1.89 bits per heavy atom. The molecule has 1 amide bonds. The van der Waals surface area contributed by atoms with Crippen LogP contribution in [0.2, 0.25) is 0 Å². The molecule has 1 aromatic carbocycles. The van der Waals surface area contributed by atoms with Crippen LogP contribution >= 0.6 is 11.3 Å². The molecule has 2 N–H and O–H groups in total. The van der Waals surface area contributed by atoms with Gasteiger partial charge in [-0.05, 0) is 41.4 Å². The predicted molar refractivity (Wildman–Crippen MR) is 135 cm³/mol. The highest BCUT2D eigenvalue weighted by Gasteiger charge is 2.42. The highest BCUT2D eigenvalue weighted by molar-refractivity contribution is 7.12. The summed E-state index contributed by atoms with van der Waals surface area (Å²) in [5.41, 5.74) is 0.611. The van der Waals surface area contributed by atoms with Crippen LogP contribution in [0.15, 0.2) is 48.0 Å². The van der Waals surface area contributed by atoms with Crippen LogP contribution in [-0.2, 0) is 14.3 Å². The summed E-state index contributed by atoms with van der Waals surface area (Å²) in [6.07, 6.45) is 0.0395. The number of rotatable bonds is 12. The molecule has 0 saturated heterocycles. The number of nitrogens with zero attached hydrogens (tertiary/aromatic N) is 1. The van der Waals surface area contributed by atoms with Crippen LogP contribution < -0.4 is 15.6 Å². The number of hydrogen-bond donors (Lipinski definition) is 2. The van der Waals surface area contributed by atoms with Crippen LogP contribution in [0.5, 0.6) is 0 Å². The molecule has 0 saturated carbocycles. The maximum absolute atomic E-state index is 12.7. The molecule has 2 heterocycles. The van der Waals surface area contributed by atoms with Gasteiger partial charge in [-0.1, -0.05) is 38.0 Å². The van der Waals surface area contributed by atoms with E-state index in [4.69, 9.17) is 0 Å². The van der Waals surface area contributed by atoms with E-state index in [-0.39, 0.29) is 17.3 Å². The fourth-order valence-corrected chi connectivity index (χ4v) is 4.24. The number of unbranched alkanes of at least 4 members (excludes halogenated alkanes) is 2. The second-order valence-electron chi connectivity index (χ2n) is 8.43. The summed E-state index contributed by atoms with van der Waals surface area (Å²) >= 11 is 1.30. The number of nitrogens with one attached hydrogen (secondary N) is 2. The fraction of sp³-hybridized carbons (Fsp3) is 0.346. The number of Topliss-reactive ketones (excluding diaryl/α,β-unsaturated/α-hetero) is 1. The summed E-state index contributed by atoms with van der Waals surface area (Å²) in [6, 6.07) is 8.52. The number of amidine groups is 1. The molecular weight excluding hydrogens is 523 g/mol. The number of carbonyl (C=O) groups is 4. The Kier molecular flexibility index (Phi) is 9.94. The first-order valence-corrected chi connectivity index (χ1v) is 12.8. The lowest BCUT2D eigenvalue weighted by Gasteiger charge is -2.15. The molecule has 0 unspecified atom stereocenters. The van der Waals surface area contributed by atoms with Crippen molar-refractivity contribution in [1.82, 2.24) is 15.6 Å². The van der Waals surface area contributed by atoms with Crippen molar-refractivity contribution in [1.29, 1.82) is 0 Å². The van der Waals surface area contributed by atoms with Crippen LogP contribution in [0.1, 0.15) is 71.0 Å². The first-order valence-electron chi connectivity index (χ1n) is 11.9. The molecule has 1 aromatic heterocycles. The van der Waals surface area contributed by atoms with Crippen molar-refractivity contribution in [3.8, 4) is 0 Å². The number of ketones is 1. The van der Waals surface area contributed by atoms with Gasteiger partial charge in [-0.2, -0.15) is 13.2 Å². The van der Waals surface area contributed by atoms with Crippen molar-refractivity contribution in [3.63, 3.8) is 0 Å². The third-order valence-electron chi connectivity index (χ3n) is 5.64. The topological polar surface area (TPSA) is 116 Å². The van der Waals surface area contributed by atoms with Gasteiger partial charge in [0.25, 0.3) is 5.91 Å². The number of esters is 2. The smallest absolute Gasteiger partial charge is 0.383 e. The quantitative estimate of drug-likeness (QED) is 0.231. The van der Waals surface area contributed by atoms with Gasteiger partial charge in [-0.15, -0.1) is 11.3 Å². The predicted octanol–water partition coefficient (Wildman–Crippen LogP) is 4.36. The minimum absolute atomic E-state index is 0.206. The van der Waals surface area contributed by atoms with E-state index >= 15 is 0 Å². The Bertz CT molecular complexity index is 1240. The van der Waals surface area contributed by atoms with E-state index in [1.165, 1.54) is 35.7 Å². The third kappa shape index (κ3) is 8.10. The van der Waals surface area contributed by atoms with Crippen molar-refractivity contribution >= 4 is 46.5 Å². The number of aliphatic imine (C=N–C) groups is 1. The second-order valence-corrected chi connectivity index (χ2v) is 9.38. The summed E-state index contributed by atoms with van der Waals surface area (Å²) in [6.45, 7) is 1.83. The molecule has 1 radical (unpaired) electrons. The van der Waals surface area contributed by atoms with Gasteiger partial charge < -0.3 is 10.1 Å². The zero-order valence-corrected chi connectivity index (χ0v) is 21.3. The zero-order valence-electron chi connectivity index (χ0n) is 20.5. The van der Waals surface area contributed by atoms with E-state index in [1.54, 1.807) is 23.6 Å².